The van der Waals surface area contributed by atoms with Gasteiger partial charge in [-0.1, -0.05) is 0 Å². The second kappa shape index (κ2) is 5.47. The molecule has 1 atom stereocenters. The van der Waals surface area contributed by atoms with Crippen molar-refractivity contribution in [2.75, 3.05) is 26.2 Å². The molecule has 1 saturated heterocycles. The lowest BCUT2D eigenvalue weighted by Gasteiger charge is -2.41. The summed E-state index contributed by atoms with van der Waals surface area (Å²) in [5, 5.41) is 0. The van der Waals surface area contributed by atoms with Crippen LogP contribution in [0.4, 0.5) is 0 Å². The van der Waals surface area contributed by atoms with Crippen LogP contribution in [0.2, 0.25) is 0 Å². The van der Waals surface area contributed by atoms with E-state index in [-0.39, 0.29) is 11.9 Å². The van der Waals surface area contributed by atoms with Gasteiger partial charge in [-0.3, -0.25) is 9.69 Å². The van der Waals surface area contributed by atoms with Crippen LogP contribution < -0.4 is 5.73 Å². The van der Waals surface area contributed by atoms with Crippen molar-refractivity contribution in [3.05, 3.63) is 0 Å². The smallest absolute Gasteiger partial charge is 0.239 e. The fraction of sp³-hybridized carbons (Fsp3) is 0.909. The molecule has 1 aliphatic rings. The minimum atomic E-state index is 0.0210. The molecule has 0 spiro atoms. The van der Waals surface area contributed by atoms with E-state index in [2.05, 4.69) is 18.7 Å². The molecular formula is C11H23N3O. The van der Waals surface area contributed by atoms with Gasteiger partial charge in [-0.05, 0) is 33.7 Å². The molecule has 15 heavy (non-hydrogen) atoms. The number of carbonyl (C=O) groups excluding carboxylic acids is 1. The Morgan fingerprint density at radius 1 is 1.47 bits per heavy atom. The fourth-order valence-electron chi connectivity index (χ4n) is 2.05. The zero-order valence-corrected chi connectivity index (χ0v) is 10.1. The third-order valence-corrected chi connectivity index (χ3v) is 3.09. The van der Waals surface area contributed by atoms with Crippen molar-refractivity contribution in [3.8, 4) is 0 Å². The molecule has 0 aliphatic carbocycles. The molecule has 4 nitrogen and oxygen atoms in total. The summed E-state index contributed by atoms with van der Waals surface area (Å²) >= 11 is 0. The number of hydrogen-bond acceptors (Lipinski definition) is 3. The third kappa shape index (κ3) is 2.92. The standard InChI is InChI=1S/C11H23N3O/c1-9(2)14-8-7-13(6-4-5-12)10(3)11(14)15/h9-10H,4-8,12H2,1-3H3. The summed E-state index contributed by atoms with van der Waals surface area (Å²) in [6.07, 6.45) is 0.972. The van der Waals surface area contributed by atoms with Gasteiger partial charge in [0.05, 0.1) is 6.04 Å². The van der Waals surface area contributed by atoms with Gasteiger partial charge in [0.15, 0.2) is 0 Å². The lowest BCUT2D eigenvalue weighted by molar-refractivity contribution is -0.143. The zero-order valence-electron chi connectivity index (χ0n) is 10.1. The van der Waals surface area contributed by atoms with Gasteiger partial charge < -0.3 is 10.6 Å². The van der Waals surface area contributed by atoms with Crippen LogP contribution in [0.15, 0.2) is 0 Å². The molecule has 2 N–H and O–H groups in total. The third-order valence-electron chi connectivity index (χ3n) is 3.09. The first-order chi connectivity index (χ1) is 7.07. The minimum absolute atomic E-state index is 0.0210. The first kappa shape index (κ1) is 12.5. The molecule has 0 aromatic heterocycles. The number of hydrogen-bond donors (Lipinski definition) is 1. The van der Waals surface area contributed by atoms with E-state index < -0.39 is 0 Å². The van der Waals surface area contributed by atoms with E-state index in [1.165, 1.54) is 0 Å². The molecule has 0 aromatic carbocycles. The van der Waals surface area contributed by atoms with Crippen LogP contribution in [-0.4, -0.2) is 54.0 Å². The summed E-state index contributed by atoms with van der Waals surface area (Å²) in [6, 6.07) is 0.337. The van der Waals surface area contributed by atoms with Crippen LogP contribution in [0.1, 0.15) is 27.2 Å². The normalized spacial score (nSPS) is 23.9. The van der Waals surface area contributed by atoms with Crippen molar-refractivity contribution in [3.63, 3.8) is 0 Å². The van der Waals surface area contributed by atoms with Crippen LogP contribution in [0.3, 0.4) is 0 Å². The highest BCUT2D eigenvalue weighted by molar-refractivity contribution is 5.82. The Hall–Kier alpha value is -0.610. The van der Waals surface area contributed by atoms with Gasteiger partial charge in [-0.2, -0.15) is 0 Å². The first-order valence-corrected chi connectivity index (χ1v) is 5.82. The highest BCUT2D eigenvalue weighted by Crippen LogP contribution is 2.13. The summed E-state index contributed by atoms with van der Waals surface area (Å²) in [5.74, 6) is 0.258. The zero-order chi connectivity index (χ0) is 11.4. The highest BCUT2D eigenvalue weighted by Gasteiger charge is 2.31. The van der Waals surface area contributed by atoms with Gasteiger partial charge in [-0.15, -0.1) is 0 Å². The molecule has 1 aliphatic heterocycles. The lowest BCUT2D eigenvalue weighted by atomic mass is 10.1. The second-order valence-corrected chi connectivity index (χ2v) is 4.48. The predicted octanol–water partition coefficient (Wildman–Crippen LogP) is 0.276. The second-order valence-electron chi connectivity index (χ2n) is 4.48. The summed E-state index contributed by atoms with van der Waals surface area (Å²) in [4.78, 5) is 16.2. The summed E-state index contributed by atoms with van der Waals surface area (Å²) in [5.41, 5.74) is 5.48. The Kier molecular flexibility index (Phi) is 4.54. The molecule has 4 heteroatoms. The lowest BCUT2D eigenvalue weighted by Crippen LogP contribution is -2.57. The van der Waals surface area contributed by atoms with Crippen molar-refractivity contribution in [2.45, 2.75) is 39.3 Å². The van der Waals surface area contributed by atoms with E-state index in [9.17, 15) is 4.79 Å². The van der Waals surface area contributed by atoms with Gasteiger partial charge in [0.1, 0.15) is 0 Å². The van der Waals surface area contributed by atoms with Crippen molar-refractivity contribution < 1.29 is 4.79 Å². The predicted molar refractivity (Wildman–Crippen MR) is 61.6 cm³/mol. The molecule has 1 unspecified atom stereocenters. The Bertz CT molecular complexity index is 218. The first-order valence-electron chi connectivity index (χ1n) is 5.82. The molecule has 0 aromatic rings. The Morgan fingerprint density at radius 3 is 2.67 bits per heavy atom. The van der Waals surface area contributed by atoms with Crippen LogP contribution in [0.5, 0.6) is 0 Å². The fourth-order valence-corrected chi connectivity index (χ4v) is 2.05. The Balaban J connectivity index is 2.53. The van der Waals surface area contributed by atoms with Gasteiger partial charge in [0, 0.05) is 25.7 Å². The van der Waals surface area contributed by atoms with Gasteiger partial charge in [0.2, 0.25) is 5.91 Å². The quantitative estimate of drug-likeness (QED) is 0.729. The number of carbonyl (C=O) groups is 1. The molecule has 1 heterocycles. The SMILES string of the molecule is CC1C(=O)N(C(C)C)CCN1CCCN. The van der Waals surface area contributed by atoms with Crippen LogP contribution in [0, 0.1) is 0 Å². The maximum atomic E-state index is 12.0. The average molecular weight is 213 g/mol. The van der Waals surface area contributed by atoms with E-state index in [1.54, 1.807) is 0 Å². The minimum Gasteiger partial charge on any atom is -0.338 e. The Morgan fingerprint density at radius 2 is 2.13 bits per heavy atom. The molecule has 1 amide bonds. The Labute approximate surface area is 92.4 Å². The number of piperazine rings is 1. The van der Waals surface area contributed by atoms with Gasteiger partial charge >= 0.3 is 0 Å². The van der Waals surface area contributed by atoms with Crippen LogP contribution in [0.25, 0.3) is 0 Å². The van der Waals surface area contributed by atoms with Crippen LogP contribution >= 0.6 is 0 Å². The van der Waals surface area contributed by atoms with E-state index >= 15 is 0 Å². The number of rotatable bonds is 4. The maximum absolute atomic E-state index is 12.0. The topological polar surface area (TPSA) is 49.6 Å². The van der Waals surface area contributed by atoms with Crippen molar-refractivity contribution in [1.29, 1.82) is 0 Å². The largest absolute Gasteiger partial charge is 0.338 e. The van der Waals surface area contributed by atoms with E-state index in [0.717, 1.165) is 26.1 Å². The maximum Gasteiger partial charge on any atom is 0.239 e. The van der Waals surface area contributed by atoms with Crippen LogP contribution in [-0.2, 0) is 4.79 Å². The molecule has 0 bridgehead atoms. The number of amides is 1. The van der Waals surface area contributed by atoms with E-state index in [1.807, 2.05) is 11.8 Å². The highest BCUT2D eigenvalue weighted by atomic mass is 16.2. The summed E-state index contributed by atoms with van der Waals surface area (Å²) in [7, 11) is 0. The molecule has 0 radical (unpaired) electrons. The number of nitrogens with zero attached hydrogens (tertiary/aromatic N) is 2. The monoisotopic (exact) mass is 213 g/mol. The summed E-state index contributed by atoms with van der Waals surface area (Å²) < 4.78 is 0. The summed E-state index contributed by atoms with van der Waals surface area (Å²) in [6.45, 7) is 9.60. The molecular weight excluding hydrogens is 190 g/mol. The van der Waals surface area contributed by atoms with Gasteiger partial charge in [0.25, 0.3) is 0 Å². The number of nitrogens with two attached hydrogens (primary N) is 1. The van der Waals surface area contributed by atoms with E-state index in [0.29, 0.717) is 12.6 Å². The van der Waals surface area contributed by atoms with Gasteiger partial charge in [-0.25, -0.2) is 0 Å². The van der Waals surface area contributed by atoms with E-state index in [4.69, 9.17) is 5.73 Å². The molecule has 1 rings (SSSR count). The molecule has 0 saturated carbocycles. The van der Waals surface area contributed by atoms with Crippen molar-refractivity contribution in [2.24, 2.45) is 5.73 Å². The van der Waals surface area contributed by atoms with Crippen molar-refractivity contribution >= 4 is 5.91 Å². The van der Waals surface area contributed by atoms with Crippen molar-refractivity contribution in [1.82, 2.24) is 9.80 Å². The molecule has 88 valence electrons. The molecule has 1 fully saturated rings. The average Bonchev–Trinajstić information content (AvgIpc) is 2.20.